The predicted octanol–water partition coefficient (Wildman–Crippen LogP) is 2.42. The Hall–Kier alpha value is -3.48. The third kappa shape index (κ3) is 4.03. The normalized spacial score (nSPS) is 11.4. The first-order chi connectivity index (χ1) is 13.0. The Morgan fingerprint density at radius 1 is 1.19 bits per heavy atom. The molecule has 27 heavy (non-hydrogen) atoms. The molecule has 2 aromatic carbocycles. The first kappa shape index (κ1) is 19.8. The van der Waals surface area contributed by atoms with Crippen molar-refractivity contribution in [3.63, 3.8) is 0 Å². The van der Waals surface area contributed by atoms with Crippen LogP contribution in [0.1, 0.15) is 12.5 Å². The fourth-order valence-corrected chi connectivity index (χ4v) is 2.71. The van der Waals surface area contributed by atoms with E-state index in [-0.39, 0.29) is 11.4 Å². The van der Waals surface area contributed by atoms with Crippen LogP contribution >= 0.6 is 0 Å². The summed E-state index contributed by atoms with van der Waals surface area (Å²) in [7, 11) is 3.16. The first-order valence-corrected chi connectivity index (χ1v) is 8.34. The predicted molar refractivity (Wildman–Crippen MR) is 109 cm³/mol. The Balaban J connectivity index is 2.66. The van der Waals surface area contributed by atoms with Gasteiger partial charge in [-0.15, -0.1) is 0 Å². The largest absolute Gasteiger partial charge is 0.497 e. The summed E-state index contributed by atoms with van der Waals surface area (Å²) >= 11 is 0. The van der Waals surface area contributed by atoms with Crippen molar-refractivity contribution in [1.29, 1.82) is 0 Å². The number of nitrogens with one attached hydrogen (secondary N) is 1. The second-order valence-corrected chi connectivity index (χ2v) is 5.61. The van der Waals surface area contributed by atoms with Crippen LogP contribution in [-0.4, -0.2) is 33.4 Å². The summed E-state index contributed by atoms with van der Waals surface area (Å²) in [6, 6.07) is 10.8. The van der Waals surface area contributed by atoms with Crippen molar-refractivity contribution in [2.45, 2.75) is 6.92 Å². The summed E-state index contributed by atoms with van der Waals surface area (Å²) in [4.78, 5) is 16.0. The molecule has 2 rings (SSSR count). The van der Waals surface area contributed by atoms with Crippen LogP contribution in [0.25, 0.3) is 16.8 Å². The van der Waals surface area contributed by atoms with Crippen molar-refractivity contribution >= 4 is 24.0 Å². The lowest BCUT2D eigenvalue weighted by molar-refractivity contribution is -0.117. The average molecular weight is 368 g/mol. The number of amides is 1. The quantitative estimate of drug-likeness (QED) is 0.395. The maximum absolute atomic E-state index is 12.2. The van der Waals surface area contributed by atoms with Gasteiger partial charge in [-0.05, 0) is 31.8 Å². The number of hydrogen-bond donors (Lipinski definition) is 3. The number of methoxy groups -OCH3 is 2. The molecule has 1 amide bonds. The number of aliphatic imine (C=N–C) groups is 1. The molecule has 0 atom stereocenters. The van der Waals surface area contributed by atoms with Gasteiger partial charge < -0.3 is 26.3 Å². The van der Waals surface area contributed by atoms with Gasteiger partial charge in [0.25, 0.3) is 5.91 Å². The van der Waals surface area contributed by atoms with Crippen molar-refractivity contribution in [1.82, 2.24) is 5.32 Å². The summed E-state index contributed by atoms with van der Waals surface area (Å²) in [5.74, 6) is 0.886. The number of nitrogens with zero attached hydrogens (tertiary/aromatic N) is 1. The van der Waals surface area contributed by atoms with Gasteiger partial charge in [-0.2, -0.15) is 0 Å². The Morgan fingerprint density at radius 2 is 1.93 bits per heavy atom. The molecule has 0 aliphatic rings. The van der Waals surface area contributed by atoms with E-state index in [1.54, 1.807) is 45.4 Å². The monoisotopic (exact) mass is 368 g/mol. The highest BCUT2D eigenvalue weighted by Crippen LogP contribution is 2.39. The number of likely N-dealkylation sites (N-methyl/N-ethyl adjacent to an activating group) is 1. The molecule has 0 aliphatic heterocycles. The summed E-state index contributed by atoms with van der Waals surface area (Å²) in [5.41, 5.74) is 15.1. The summed E-state index contributed by atoms with van der Waals surface area (Å²) in [6.45, 7) is 5.70. The van der Waals surface area contributed by atoms with E-state index in [1.165, 1.54) is 0 Å². The van der Waals surface area contributed by atoms with Gasteiger partial charge in [-0.1, -0.05) is 18.2 Å². The van der Waals surface area contributed by atoms with Crippen molar-refractivity contribution in [2.24, 2.45) is 10.7 Å². The number of rotatable bonds is 7. The molecule has 0 fully saturated rings. The number of anilines is 1. The minimum atomic E-state index is -0.409. The van der Waals surface area contributed by atoms with Crippen LogP contribution in [0.15, 0.2) is 47.1 Å². The maximum Gasteiger partial charge on any atom is 0.272 e. The lowest BCUT2D eigenvalue weighted by atomic mass is 9.97. The zero-order chi connectivity index (χ0) is 20.0. The average Bonchev–Trinajstić information content (AvgIpc) is 2.68. The topological polar surface area (TPSA) is 112 Å². The van der Waals surface area contributed by atoms with E-state index in [4.69, 9.17) is 20.9 Å². The van der Waals surface area contributed by atoms with E-state index < -0.39 is 5.91 Å². The third-order valence-electron chi connectivity index (χ3n) is 4.06. The van der Waals surface area contributed by atoms with Gasteiger partial charge in [0.15, 0.2) is 5.70 Å². The number of ether oxygens (including phenoxy) is 2. The zero-order valence-corrected chi connectivity index (χ0v) is 15.7. The van der Waals surface area contributed by atoms with Gasteiger partial charge in [0.05, 0.1) is 19.9 Å². The molecular weight excluding hydrogens is 344 g/mol. The Kier molecular flexibility index (Phi) is 6.43. The molecule has 5 N–H and O–H groups in total. The SMILES string of the molecule is C=N/C(C(=O)NCC)=C(/N)c1cccc(-c2cc(OC)ccc2OC)c1N. The van der Waals surface area contributed by atoms with E-state index in [9.17, 15) is 4.79 Å². The van der Waals surface area contributed by atoms with Crippen LogP contribution in [0.2, 0.25) is 0 Å². The highest BCUT2D eigenvalue weighted by Gasteiger charge is 2.18. The lowest BCUT2D eigenvalue weighted by Gasteiger charge is -2.16. The zero-order valence-electron chi connectivity index (χ0n) is 15.7. The van der Waals surface area contributed by atoms with Crippen molar-refractivity contribution in [3.8, 4) is 22.6 Å². The maximum atomic E-state index is 12.2. The van der Waals surface area contributed by atoms with Crippen LogP contribution in [-0.2, 0) is 4.79 Å². The van der Waals surface area contributed by atoms with Crippen LogP contribution in [0.4, 0.5) is 5.69 Å². The van der Waals surface area contributed by atoms with Crippen LogP contribution in [0.5, 0.6) is 11.5 Å². The van der Waals surface area contributed by atoms with Gasteiger partial charge in [0.2, 0.25) is 0 Å². The molecule has 0 saturated heterocycles. The van der Waals surface area contributed by atoms with Gasteiger partial charge >= 0.3 is 0 Å². The molecule has 7 heteroatoms. The van der Waals surface area contributed by atoms with Gasteiger partial charge in [0, 0.05) is 28.9 Å². The summed E-state index contributed by atoms with van der Waals surface area (Å²) in [5, 5.41) is 2.66. The number of hydrogen-bond acceptors (Lipinski definition) is 6. The number of para-hydroxylation sites is 1. The Labute approximate surface area is 158 Å². The number of benzene rings is 2. The molecule has 7 nitrogen and oxygen atoms in total. The van der Waals surface area contributed by atoms with Gasteiger partial charge in [-0.3, -0.25) is 9.79 Å². The minimum Gasteiger partial charge on any atom is -0.497 e. The first-order valence-electron chi connectivity index (χ1n) is 8.34. The summed E-state index contributed by atoms with van der Waals surface area (Å²) in [6.07, 6.45) is 0. The van der Waals surface area contributed by atoms with E-state index >= 15 is 0 Å². The number of nitrogens with two attached hydrogens (primary N) is 2. The van der Waals surface area contributed by atoms with Crippen LogP contribution < -0.4 is 26.3 Å². The molecule has 0 unspecified atom stereocenters. The van der Waals surface area contributed by atoms with E-state index in [0.29, 0.717) is 34.9 Å². The smallest absolute Gasteiger partial charge is 0.272 e. The summed E-state index contributed by atoms with van der Waals surface area (Å²) < 4.78 is 10.7. The molecule has 142 valence electrons. The number of carbonyl (C=O) groups excluding carboxylic acids is 1. The molecule has 0 aromatic heterocycles. The number of carbonyl (C=O) groups is 1. The van der Waals surface area contributed by atoms with E-state index in [1.807, 2.05) is 12.1 Å². The highest BCUT2D eigenvalue weighted by molar-refractivity contribution is 6.02. The fourth-order valence-electron chi connectivity index (χ4n) is 2.71. The van der Waals surface area contributed by atoms with Crippen molar-refractivity contribution < 1.29 is 14.3 Å². The van der Waals surface area contributed by atoms with Crippen LogP contribution in [0.3, 0.4) is 0 Å². The minimum absolute atomic E-state index is 0.0262. The fraction of sp³-hybridized carbons (Fsp3) is 0.200. The Bertz CT molecular complexity index is 891. The standard InChI is InChI=1S/C20H24N4O3/c1-5-24-20(25)19(23-2)18(22)14-8-6-7-13(17(14)21)15-11-12(26-3)9-10-16(15)27-4/h6-11H,2,5,21-22H2,1,3-4H3,(H,24,25)/b19-18+. The molecule has 0 bridgehead atoms. The molecular formula is C20H24N4O3. The lowest BCUT2D eigenvalue weighted by Crippen LogP contribution is -2.25. The van der Waals surface area contributed by atoms with E-state index in [0.717, 1.165) is 5.56 Å². The second-order valence-electron chi connectivity index (χ2n) is 5.61. The third-order valence-corrected chi connectivity index (χ3v) is 4.06. The van der Waals surface area contributed by atoms with E-state index in [2.05, 4.69) is 17.0 Å². The molecule has 0 spiro atoms. The van der Waals surface area contributed by atoms with Gasteiger partial charge in [-0.25, -0.2) is 0 Å². The van der Waals surface area contributed by atoms with Crippen molar-refractivity contribution in [3.05, 3.63) is 47.7 Å². The van der Waals surface area contributed by atoms with Crippen LogP contribution in [0, 0.1) is 0 Å². The van der Waals surface area contributed by atoms with Gasteiger partial charge in [0.1, 0.15) is 11.5 Å². The van der Waals surface area contributed by atoms with Crippen molar-refractivity contribution in [2.75, 3.05) is 26.5 Å². The number of nitrogen functional groups attached to an aromatic ring is 1. The molecule has 0 aliphatic carbocycles. The Morgan fingerprint density at radius 3 is 2.52 bits per heavy atom. The molecule has 2 aromatic rings. The molecule has 0 saturated carbocycles. The highest BCUT2D eigenvalue weighted by atomic mass is 16.5. The molecule has 0 heterocycles. The second kappa shape index (κ2) is 8.75. The molecule has 0 radical (unpaired) electrons.